The van der Waals surface area contributed by atoms with E-state index < -0.39 is 0 Å². The number of benzene rings is 2. The molecule has 1 aliphatic heterocycles. The van der Waals surface area contributed by atoms with Crippen molar-refractivity contribution in [3.05, 3.63) is 83.2 Å². The molecule has 1 aromatic heterocycles. The molecule has 0 spiro atoms. The predicted octanol–water partition coefficient (Wildman–Crippen LogP) is 3.79. The lowest BCUT2D eigenvalue weighted by molar-refractivity contribution is 0.0941. The Labute approximate surface area is 176 Å². The van der Waals surface area contributed by atoms with Gasteiger partial charge in [-0.25, -0.2) is 4.68 Å². The number of rotatable bonds is 5. The lowest BCUT2D eigenvalue weighted by atomic mass is 9.94. The van der Waals surface area contributed by atoms with Crippen molar-refractivity contribution in [3.63, 3.8) is 0 Å². The average molecular weight is 409 g/mol. The Kier molecular flexibility index (Phi) is 5.69. The van der Waals surface area contributed by atoms with Gasteiger partial charge in [0.2, 0.25) is 0 Å². The zero-order valence-electron chi connectivity index (χ0n) is 16.2. The summed E-state index contributed by atoms with van der Waals surface area (Å²) in [4.78, 5) is 13.1. The number of aromatic nitrogens is 2. The predicted molar refractivity (Wildman–Crippen MR) is 116 cm³/mol. The minimum absolute atomic E-state index is 0. The van der Waals surface area contributed by atoms with Gasteiger partial charge in [0.15, 0.2) is 0 Å². The second-order valence-corrected chi connectivity index (χ2v) is 7.64. The van der Waals surface area contributed by atoms with E-state index in [1.54, 1.807) is 4.68 Å². The fourth-order valence-electron chi connectivity index (χ4n) is 3.97. The highest BCUT2D eigenvalue weighted by molar-refractivity contribution is 5.93. The number of fused-ring (bicyclic) bond motifs is 1. The topological polar surface area (TPSA) is 59.0 Å². The number of nitrogens with one attached hydrogen (secondary N) is 2. The Balaban J connectivity index is 0.00000205. The maximum atomic E-state index is 13.1. The van der Waals surface area contributed by atoms with Gasteiger partial charge in [-0.15, -0.1) is 12.4 Å². The van der Waals surface area contributed by atoms with Gasteiger partial charge >= 0.3 is 0 Å². The van der Waals surface area contributed by atoms with Gasteiger partial charge in [0.25, 0.3) is 5.91 Å². The smallest absolute Gasteiger partial charge is 0.270 e. The second kappa shape index (κ2) is 8.39. The number of para-hydroxylation sites is 1. The molecule has 0 saturated heterocycles. The van der Waals surface area contributed by atoms with Gasteiger partial charge in [0, 0.05) is 18.5 Å². The molecular weight excluding hydrogens is 384 g/mol. The third-order valence-corrected chi connectivity index (χ3v) is 5.64. The van der Waals surface area contributed by atoms with Gasteiger partial charge in [-0.1, -0.05) is 42.5 Å². The van der Waals surface area contributed by atoms with E-state index in [0.717, 1.165) is 37.2 Å². The van der Waals surface area contributed by atoms with Gasteiger partial charge in [-0.3, -0.25) is 4.79 Å². The number of amides is 1. The molecule has 2 N–H and O–H groups in total. The van der Waals surface area contributed by atoms with Gasteiger partial charge < -0.3 is 10.6 Å². The Morgan fingerprint density at radius 3 is 2.66 bits per heavy atom. The first-order chi connectivity index (χ1) is 13.8. The molecular formula is C23H25ClN4O. The van der Waals surface area contributed by atoms with Crippen molar-refractivity contribution in [2.24, 2.45) is 0 Å². The number of halogens is 1. The SMILES string of the molecule is Cl.O=C(NCC1NCCc2ccccc21)c1cc(C2CC2)nn1-c1ccccc1. The molecule has 0 radical (unpaired) electrons. The normalized spacial score (nSPS) is 17.9. The summed E-state index contributed by atoms with van der Waals surface area (Å²) in [5, 5.41) is 11.4. The average Bonchev–Trinajstić information content (AvgIpc) is 3.51. The molecule has 2 aromatic carbocycles. The number of carbonyl (C=O) groups excluding carboxylic acids is 1. The van der Waals surface area contributed by atoms with E-state index in [4.69, 9.17) is 5.10 Å². The van der Waals surface area contributed by atoms with Crippen LogP contribution in [0.15, 0.2) is 60.7 Å². The summed E-state index contributed by atoms with van der Waals surface area (Å²) in [6.07, 6.45) is 3.36. The molecule has 1 aliphatic carbocycles. The van der Waals surface area contributed by atoms with E-state index in [0.29, 0.717) is 18.2 Å². The Morgan fingerprint density at radius 1 is 1.10 bits per heavy atom. The van der Waals surface area contributed by atoms with Crippen LogP contribution in [-0.4, -0.2) is 28.8 Å². The second-order valence-electron chi connectivity index (χ2n) is 7.64. The highest BCUT2D eigenvalue weighted by Crippen LogP contribution is 2.39. The molecule has 1 unspecified atom stereocenters. The van der Waals surface area contributed by atoms with Crippen LogP contribution in [0.5, 0.6) is 0 Å². The van der Waals surface area contributed by atoms with Crippen molar-refractivity contribution < 1.29 is 4.79 Å². The largest absolute Gasteiger partial charge is 0.349 e. The van der Waals surface area contributed by atoms with Crippen molar-refractivity contribution in [2.75, 3.05) is 13.1 Å². The lowest BCUT2D eigenvalue weighted by Gasteiger charge is -2.27. The highest BCUT2D eigenvalue weighted by Gasteiger charge is 2.29. The van der Waals surface area contributed by atoms with E-state index in [9.17, 15) is 4.79 Å². The summed E-state index contributed by atoms with van der Waals surface area (Å²) in [6, 6.07) is 20.5. The summed E-state index contributed by atoms with van der Waals surface area (Å²) >= 11 is 0. The summed E-state index contributed by atoms with van der Waals surface area (Å²) in [7, 11) is 0. The van der Waals surface area contributed by atoms with E-state index in [2.05, 4.69) is 34.9 Å². The van der Waals surface area contributed by atoms with E-state index in [1.807, 2.05) is 36.4 Å². The Bertz CT molecular complexity index is 997. The van der Waals surface area contributed by atoms with Crippen molar-refractivity contribution in [1.82, 2.24) is 20.4 Å². The number of hydrogen-bond acceptors (Lipinski definition) is 3. The maximum Gasteiger partial charge on any atom is 0.270 e. The van der Waals surface area contributed by atoms with E-state index in [1.165, 1.54) is 11.1 Å². The number of nitrogens with zero attached hydrogens (tertiary/aromatic N) is 2. The summed E-state index contributed by atoms with van der Waals surface area (Å²) < 4.78 is 1.78. The van der Waals surface area contributed by atoms with Crippen LogP contribution in [0.2, 0.25) is 0 Å². The molecule has 29 heavy (non-hydrogen) atoms. The van der Waals surface area contributed by atoms with Crippen LogP contribution in [0.1, 0.15) is 52.1 Å². The molecule has 5 rings (SSSR count). The Hall–Kier alpha value is -2.63. The molecule has 6 heteroatoms. The zero-order valence-corrected chi connectivity index (χ0v) is 17.0. The maximum absolute atomic E-state index is 13.1. The molecule has 2 aliphatic rings. The van der Waals surface area contributed by atoms with Crippen LogP contribution in [-0.2, 0) is 6.42 Å². The molecule has 1 amide bonds. The van der Waals surface area contributed by atoms with Crippen LogP contribution in [0, 0.1) is 0 Å². The van der Waals surface area contributed by atoms with Crippen LogP contribution < -0.4 is 10.6 Å². The first-order valence-electron chi connectivity index (χ1n) is 10.0. The standard InChI is InChI=1S/C23H24N4O.ClH/c28-23(25-15-21-19-9-5-4-6-16(19)12-13-24-21)22-14-20(17-10-11-17)26-27(22)18-7-2-1-3-8-18;/h1-9,14,17,21,24H,10-13,15H2,(H,25,28);1H. The van der Waals surface area contributed by atoms with Crippen molar-refractivity contribution >= 4 is 18.3 Å². The van der Waals surface area contributed by atoms with Crippen LogP contribution >= 0.6 is 12.4 Å². The van der Waals surface area contributed by atoms with E-state index in [-0.39, 0.29) is 24.4 Å². The summed E-state index contributed by atoms with van der Waals surface area (Å²) in [5.74, 6) is 0.427. The molecule has 1 atom stereocenters. The molecule has 3 aromatic rings. The molecule has 5 nitrogen and oxygen atoms in total. The molecule has 2 heterocycles. The fourth-order valence-corrected chi connectivity index (χ4v) is 3.97. The number of carbonyl (C=O) groups is 1. The van der Waals surface area contributed by atoms with Crippen molar-refractivity contribution in [3.8, 4) is 5.69 Å². The molecule has 1 fully saturated rings. The fraction of sp³-hybridized carbons (Fsp3) is 0.304. The van der Waals surface area contributed by atoms with Gasteiger partial charge in [-0.05, 0) is 55.1 Å². The third kappa shape index (κ3) is 4.07. The van der Waals surface area contributed by atoms with Crippen LogP contribution in [0.4, 0.5) is 0 Å². The number of hydrogen-bond donors (Lipinski definition) is 2. The van der Waals surface area contributed by atoms with Gasteiger partial charge in [0.05, 0.1) is 11.4 Å². The molecule has 0 bridgehead atoms. The van der Waals surface area contributed by atoms with Crippen molar-refractivity contribution in [1.29, 1.82) is 0 Å². The third-order valence-electron chi connectivity index (χ3n) is 5.64. The monoisotopic (exact) mass is 408 g/mol. The van der Waals surface area contributed by atoms with Gasteiger partial charge in [0.1, 0.15) is 5.69 Å². The minimum atomic E-state index is -0.0758. The minimum Gasteiger partial charge on any atom is -0.349 e. The van der Waals surface area contributed by atoms with Crippen molar-refractivity contribution in [2.45, 2.75) is 31.2 Å². The summed E-state index contributed by atoms with van der Waals surface area (Å²) in [6.45, 7) is 1.50. The molecule has 1 saturated carbocycles. The zero-order chi connectivity index (χ0) is 18.9. The summed E-state index contributed by atoms with van der Waals surface area (Å²) in [5.41, 5.74) is 5.20. The highest BCUT2D eigenvalue weighted by atomic mass is 35.5. The Morgan fingerprint density at radius 2 is 1.86 bits per heavy atom. The first-order valence-corrected chi connectivity index (χ1v) is 10.0. The van der Waals surface area contributed by atoms with Crippen LogP contribution in [0.25, 0.3) is 5.69 Å². The molecule has 150 valence electrons. The van der Waals surface area contributed by atoms with E-state index >= 15 is 0 Å². The first kappa shape index (κ1) is 19.7. The van der Waals surface area contributed by atoms with Gasteiger partial charge in [-0.2, -0.15) is 5.10 Å². The quantitative estimate of drug-likeness (QED) is 0.675. The lowest BCUT2D eigenvalue weighted by Crippen LogP contribution is -2.39. The van der Waals surface area contributed by atoms with Crippen LogP contribution in [0.3, 0.4) is 0 Å².